The molecule has 1 N–H and O–H groups in total. The van der Waals surface area contributed by atoms with Crippen molar-refractivity contribution >= 4 is 21.8 Å². The smallest absolute Gasteiger partial charge is 0.303 e. The van der Waals surface area contributed by atoms with Crippen LogP contribution in [0.1, 0.15) is 30.6 Å². The summed E-state index contributed by atoms with van der Waals surface area (Å²) in [6.07, 6.45) is 0.926. The Balaban J connectivity index is 2.59. The molecule has 0 spiro atoms. The van der Waals surface area contributed by atoms with Gasteiger partial charge in [0.2, 0.25) is 0 Å². The van der Waals surface area contributed by atoms with Gasteiger partial charge in [-0.15, -0.1) is 0 Å². The number of carbonyl (C=O) groups excluding carboxylic acids is 1. The average Bonchev–Trinajstić information content (AvgIpc) is 2.53. The minimum Gasteiger partial charge on any atom is -0.379 e. The van der Waals surface area contributed by atoms with Gasteiger partial charge in [0.1, 0.15) is 0 Å². The fourth-order valence-electron chi connectivity index (χ4n) is 1.90. The Morgan fingerprint density at radius 3 is 2.25 bits per heavy atom. The van der Waals surface area contributed by atoms with Crippen molar-refractivity contribution in [3.05, 3.63) is 29.8 Å². The molecule has 8 heteroatoms. The van der Waals surface area contributed by atoms with Crippen molar-refractivity contribution in [2.45, 2.75) is 26.4 Å². The van der Waals surface area contributed by atoms with Gasteiger partial charge in [0.25, 0.3) is 5.91 Å². The van der Waals surface area contributed by atoms with Gasteiger partial charge in [-0.1, -0.05) is 0 Å². The van der Waals surface area contributed by atoms with E-state index in [1.807, 2.05) is 13.8 Å². The molecule has 0 atom stereocenters. The van der Waals surface area contributed by atoms with Crippen molar-refractivity contribution < 1.29 is 17.9 Å². The molecule has 0 unspecified atom stereocenters. The number of nitrogens with zero attached hydrogens (tertiary/aromatic N) is 2. The SMILES string of the molecule is CC(C)OCCCNC(=O)c1ccc(N(C)S(=O)(=O)N(C)C)cc1. The Bertz CT molecular complexity index is 627. The van der Waals surface area contributed by atoms with Gasteiger partial charge in [-0.05, 0) is 44.5 Å². The third-order valence-electron chi connectivity index (χ3n) is 3.36. The Kier molecular flexibility index (Phi) is 7.65. The topological polar surface area (TPSA) is 79.0 Å². The second kappa shape index (κ2) is 9.00. The van der Waals surface area contributed by atoms with Gasteiger partial charge in [0.05, 0.1) is 11.8 Å². The van der Waals surface area contributed by atoms with E-state index in [1.165, 1.54) is 21.1 Å². The van der Waals surface area contributed by atoms with E-state index < -0.39 is 10.2 Å². The van der Waals surface area contributed by atoms with E-state index in [0.717, 1.165) is 15.0 Å². The summed E-state index contributed by atoms with van der Waals surface area (Å²) in [6.45, 7) is 5.06. The molecule has 136 valence electrons. The zero-order chi connectivity index (χ0) is 18.3. The summed E-state index contributed by atoms with van der Waals surface area (Å²) in [4.78, 5) is 12.0. The zero-order valence-electron chi connectivity index (χ0n) is 14.9. The van der Waals surface area contributed by atoms with E-state index in [9.17, 15) is 13.2 Å². The maximum absolute atomic E-state index is 12.1. The quantitative estimate of drug-likeness (QED) is 0.679. The molecule has 1 aromatic carbocycles. The maximum Gasteiger partial charge on any atom is 0.303 e. The molecule has 0 bridgehead atoms. The first-order valence-electron chi connectivity index (χ1n) is 7.82. The number of ether oxygens (including phenoxy) is 1. The van der Waals surface area contributed by atoms with Crippen molar-refractivity contribution in [2.75, 3.05) is 38.6 Å². The van der Waals surface area contributed by atoms with E-state index in [1.54, 1.807) is 24.3 Å². The highest BCUT2D eigenvalue weighted by atomic mass is 32.2. The van der Waals surface area contributed by atoms with E-state index in [2.05, 4.69) is 5.32 Å². The lowest BCUT2D eigenvalue weighted by atomic mass is 10.2. The molecule has 0 fully saturated rings. The number of anilines is 1. The first-order valence-corrected chi connectivity index (χ1v) is 9.22. The van der Waals surface area contributed by atoms with Gasteiger partial charge in [-0.25, -0.2) is 0 Å². The standard InChI is InChI=1S/C16H27N3O4S/c1-13(2)23-12-6-11-17-16(20)14-7-9-15(10-8-14)19(5)24(21,22)18(3)4/h7-10,13H,6,11-12H2,1-5H3,(H,17,20). The van der Waals surface area contributed by atoms with E-state index in [-0.39, 0.29) is 12.0 Å². The minimum absolute atomic E-state index is 0.184. The van der Waals surface area contributed by atoms with Crippen LogP contribution < -0.4 is 9.62 Å². The maximum atomic E-state index is 12.1. The van der Waals surface area contributed by atoms with Gasteiger partial charge in [0, 0.05) is 39.9 Å². The zero-order valence-corrected chi connectivity index (χ0v) is 15.8. The number of hydrogen-bond donors (Lipinski definition) is 1. The Labute approximate surface area is 144 Å². The summed E-state index contributed by atoms with van der Waals surface area (Å²) in [6, 6.07) is 6.43. The second-order valence-electron chi connectivity index (χ2n) is 5.83. The van der Waals surface area contributed by atoms with Crippen molar-refractivity contribution in [3.63, 3.8) is 0 Å². The highest BCUT2D eigenvalue weighted by Gasteiger charge is 2.20. The lowest BCUT2D eigenvalue weighted by Crippen LogP contribution is -2.37. The van der Waals surface area contributed by atoms with Gasteiger partial charge >= 0.3 is 10.2 Å². The molecule has 0 radical (unpaired) electrons. The summed E-state index contributed by atoms with van der Waals surface area (Å²) in [5, 5.41) is 2.81. The molecule has 0 heterocycles. The van der Waals surface area contributed by atoms with Crippen LogP contribution in [-0.4, -0.2) is 59.0 Å². The van der Waals surface area contributed by atoms with Crippen LogP contribution in [0, 0.1) is 0 Å². The highest BCUT2D eigenvalue weighted by molar-refractivity contribution is 7.90. The molecule has 0 aliphatic heterocycles. The van der Waals surface area contributed by atoms with Crippen LogP contribution in [0.15, 0.2) is 24.3 Å². The fraction of sp³-hybridized carbons (Fsp3) is 0.562. The summed E-state index contributed by atoms with van der Waals surface area (Å²) >= 11 is 0. The monoisotopic (exact) mass is 357 g/mol. The van der Waals surface area contributed by atoms with Crippen LogP contribution in [0.25, 0.3) is 0 Å². The Morgan fingerprint density at radius 2 is 1.75 bits per heavy atom. The minimum atomic E-state index is -3.54. The van der Waals surface area contributed by atoms with Gasteiger partial charge < -0.3 is 10.1 Å². The molecule has 0 aliphatic rings. The van der Waals surface area contributed by atoms with Crippen molar-refractivity contribution in [3.8, 4) is 0 Å². The molecule has 1 rings (SSSR count). The predicted octanol–water partition coefficient (Wildman–Crippen LogP) is 1.47. The van der Waals surface area contributed by atoms with Crippen molar-refractivity contribution in [1.82, 2.24) is 9.62 Å². The van der Waals surface area contributed by atoms with Crippen LogP contribution in [0.2, 0.25) is 0 Å². The third-order valence-corrected chi connectivity index (χ3v) is 5.18. The summed E-state index contributed by atoms with van der Waals surface area (Å²) < 4.78 is 31.8. The van der Waals surface area contributed by atoms with Crippen LogP contribution in [0.3, 0.4) is 0 Å². The molecule has 0 aliphatic carbocycles. The van der Waals surface area contributed by atoms with Crippen molar-refractivity contribution in [1.29, 1.82) is 0 Å². The lowest BCUT2D eigenvalue weighted by Gasteiger charge is -2.23. The Hall–Kier alpha value is -1.64. The summed E-state index contributed by atoms with van der Waals surface area (Å²) in [5.41, 5.74) is 0.977. The summed E-state index contributed by atoms with van der Waals surface area (Å²) in [7, 11) is 0.871. The molecule has 24 heavy (non-hydrogen) atoms. The van der Waals surface area contributed by atoms with Crippen LogP contribution in [-0.2, 0) is 14.9 Å². The molecule has 1 amide bonds. The normalized spacial score (nSPS) is 11.8. The summed E-state index contributed by atoms with van der Waals surface area (Å²) in [5.74, 6) is -0.191. The highest BCUT2D eigenvalue weighted by Crippen LogP contribution is 2.18. The number of rotatable bonds is 9. The molecule has 0 aromatic heterocycles. The van der Waals surface area contributed by atoms with E-state index in [0.29, 0.717) is 24.4 Å². The molecule has 1 aromatic rings. The Morgan fingerprint density at radius 1 is 1.17 bits per heavy atom. The average molecular weight is 357 g/mol. The fourth-order valence-corrected chi connectivity index (χ4v) is 2.77. The molecular formula is C16H27N3O4S. The number of carbonyl (C=O) groups is 1. The van der Waals surface area contributed by atoms with Crippen LogP contribution >= 0.6 is 0 Å². The first-order chi connectivity index (χ1) is 11.2. The first kappa shape index (κ1) is 20.4. The largest absolute Gasteiger partial charge is 0.379 e. The number of benzene rings is 1. The predicted molar refractivity (Wildman–Crippen MR) is 95.5 cm³/mol. The van der Waals surface area contributed by atoms with E-state index in [4.69, 9.17) is 4.74 Å². The molecular weight excluding hydrogens is 330 g/mol. The lowest BCUT2D eigenvalue weighted by molar-refractivity contribution is 0.0757. The van der Waals surface area contributed by atoms with Gasteiger partial charge in [-0.3, -0.25) is 9.10 Å². The van der Waals surface area contributed by atoms with Gasteiger partial charge in [-0.2, -0.15) is 12.7 Å². The number of hydrogen-bond acceptors (Lipinski definition) is 4. The third kappa shape index (κ3) is 5.77. The van der Waals surface area contributed by atoms with Crippen molar-refractivity contribution in [2.24, 2.45) is 0 Å². The van der Waals surface area contributed by atoms with E-state index >= 15 is 0 Å². The molecule has 7 nitrogen and oxygen atoms in total. The van der Waals surface area contributed by atoms with Gasteiger partial charge in [0.15, 0.2) is 0 Å². The van der Waals surface area contributed by atoms with Crippen LogP contribution in [0.5, 0.6) is 0 Å². The molecule has 0 saturated heterocycles. The number of amides is 1. The molecule has 0 saturated carbocycles. The second-order valence-corrected chi connectivity index (χ2v) is 8.01. The number of nitrogens with one attached hydrogen (secondary N) is 1. The van der Waals surface area contributed by atoms with Crippen LogP contribution in [0.4, 0.5) is 5.69 Å².